The Hall–Kier alpha value is -2.04. The molecule has 2 N–H and O–H groups in total. The molecule has 1 aromatic carbocycles. The normalized spacial score (nSPS) is 30.5. The Morgan fingerprint density at radius 1 is 1.35 bits per heavy atom. The summed E-state index contributed by atoms with van der Waals surface area (Å²) in [5.74, 6) is 0.137. The first-order valence-corrected chi connectivity index (χ1v) is 7.10. The Balaban J connectivity index is 1.79. The van der Waals surface area contributed by atoms with Crippen molar-refractivity contribution in [3.05, 3.63) is 23.8 Å². The van der Waals surface area contributed by atoms with Gasteiger partial charge in [0.25, 0.3) is 0 Å². The van der Waals surface area contributed by atoms with Crippen molar-refractivity contribution < 1.29 is 14.7 Å². The largest absolute Gasteiger partial charge is 0.478 e. The summed E-state index contributed by atoms with van der Waals surface area (Å²) >= 11 is 0. The summed E-state index contributed by atoms with van der Waals surface area (Å²) in [6, 6.07) is 4.81. The molecule has 0 radical (unpaired) electrons. The molecule has 1 amide bonds. The number of nitrogens with one attached hydrogen (secondary N) is 1. The number of carbonyl (C=O) groups excluding carboxylic acids is 1. The lowest BCUT2D eigenvalue weighted by atomic mass is 9.92. The lowest BCUT2D eigenvalue weighted by Gasteiger charge is -2.35. The first kappa shape index (κ1) is 11.8. The van der Waals surface area contributed by atoms with E-state index in [1.807, 2.05) is 0 Å². The van der Waals surface area contributed by atoms with Gasteiger partial charge in [0.05, 0.1) is 16.9 Å². The molecule has 3 aliphatic rings. The van der Waals surface area contributed by atoms with Crippen molar-refractivity contribution in [2.24, 2.45) is 11.8 Å². The highest BCUT2D eigenvalue weighted by Gasteiger charge is 2.50. The minimum Gasteiger partial charge on any atom is -0.478 e. The quantitative estimate of drug-likeness (QED) is 0.819. The second-order valence-electron chi connectivity index (χ2n) is 5.98. The Morgan fingerprint density at radius 3 is 3.00 bits per heavy atom. The van der Waals surface area contributed by atoms with Gasteiger partial charge in [-0.3, -0.25) is 4.79 Å². The molecule has 1 saturated heterocycles. The Bertz CT molecular complexity index is 613. The highest BCUT2D eigenvalue weighted by atomic mass is 16.4. The Labute approximate surface area is 116 Å². The van der Waals surface area contributed by atoms with Gasteiger partial charge in [-0.25, -0.2) is 4.79 Å². The molecule has 2 heterocycles. The fourth-order valence-corrected chi connectivity index (χ4v) is 4.10. The minimum atomic E-state index is -0.930. The lowest BCUT2D eigenvalue weighted by molar-refractivity contribution is -0.118. The first-order valence-electron chi connectivity index (χ1n) is 7.10. The minimum absolute atomic E-state index is 0.0648. The second-order valence-corrected chi connectivity index (χ2v) is 5.98. The van der Waals surface area contributed by atoms with Crippen molar-refractivity contribution in [2.45, 2.75) is 25.3 Å². The molecule has 20 heavy (non-hydrogen) atoms. The van der Waals surface area contributed by atoms with Gasteiger partial charge >= 0.3 is 5.97 Å². The molecule has 0 spiro atoms. The molecule has 1 aliphatic carbocycles. The molecule has 3 unspecified atom stereocenters. The molecular weight excluding hydrogens is 256 g/mol. The standard InChI is InChI=1S/C15H16N2O3/c18-14-13-10-3-1-2-9(10)7-17(13)12-6-8(15(19)20)4-5-11(12)16-14/h4-6,9-10,13H,1-3,7H2,(H,16,18)(H,19,20). The summed E-state index contributed by atoms with van der Waals surface area (Å²) in [5, 5.41) is 12.1. The summed E-state index contributed by atoms with van der Waals surface area (Å²) in [6.45, 7) is 0.874. The van der Waals surface area contributed by atoms with E-state index in [1.54, 1.807) is 18.2 Å². The van der Waals surface area contributed by atoms with Crippen molar-refractivity contribution in [1.29, 1.82) is 0 Å². The predicted molar refractivity (Wildman–Crippen MR) is 74.0 cm³/mol. The number of rotatable bonds is 1. The van der Waals surface area contributed by atoms with Crippen LogP contribution in [0.15, 0.2) is 18.2 Å². The maximum atomic E-state index is 12.3. The fraction of sp³-hybridized carbons (Fsp3) is 0.467. The number of amides is 1. The monoisotopic (exact) mass is 272 g/mol. The zero-order valence-corrected chi connectivity index (χ0v) is 11.0. The number of benzene rings is 1. The van der Waals surface area contributed by atoms with Crippen LogP contribution >= 0.6 is 0 Å². The van der Waals surface area contributed by atoms with E-state index in [-0.39, 0.29) is 17.5 Å². The summed E-state index contributed by atoms with van der Waals surface area (Å²) in [6.07, 6.45) is 3.49. The third-order valence-electron chi connectivity index (χ3n) is 4.97. The van der Waals surface area contributed by atoms with Gasteiger partial charge in [0.1, 0.15) is 6.04 Å². The van der Waals surface area contributed by atoms with E-state index >= 15 is 0 Å². The Morgan fingerprint density at radius 2 is 2.20 bits per heavy atom. The van der Waals surface area contributed by atoms with Crippen LogP contribution in [-0.2, 0) is 4.79 Å². The molecule has 5 heteroatoms. The van der Waals surface area contributed by atoms with E-state index in [1.165, 1.54) is 12.8 Å². The average Bonchev–Trinajstić information content (AvgIpc) is 2.98. The van der Waals surface area contributed by atoms with E-state index in [2.05, 4.69) is 10.2 Å². The zero-order valence-electron chi connectivity index (χ0n) is 11.0. The SMILES string of the molecule is O=C(O)c1ccc2c(c1)N1CC3CCCC3C1C(=O)N2. The third kappa shape index (κ3) is 1.49. The van der Waals surface area contributed by atoms with Gasteiger partial charge in [0.2, 0.25) is 5.91 Å². The fourth-order valence-electron chi connectivity index (χ4n) is 4.10. The molecule has 0 aromatic heterocycles. The number of carboxylic acid groups (broad SMARTS) is 1. The van der Waals surface area contributed by atoms with Gasteiger partial charge in [-0.1, -0.05) is 6.42 Å². The van der Waals surface area contributed by atoms with Gasteiger partial charge in [-0.05, 0) is 42.9 Å². The number of fused-ring (bicyclic) bond motifs is 5. The van der Waals surface area contributed by atoms with Crippen LogP contribution in [0.25, 0.3) is 0 Å². The molecular formula is C15H16N2O3. The molecule has 2 fully saturated rings. The van der Waals surface area contributed by atoms with Crippen LogP contribution < -0.4 is 10.2 Å². The van der Waals surface area contributed by atoms with E-state index in [0.29, 0.717) is 11.8 Å². The molecule has 0 bridgehead atoms. The Kier molecular flexibility index (Phi) is 2.34. The predicted octanol–water partition coefficient (Wildman–Crippen LogP) is 1.94. The van der Waals surface area contributed by atoms with Crippen molar-refractivity contribution >= 4 is 23.3 Å². The van der Waals surface area contributed by atoms with Gasteiger partial charge in [-0.15, -0.1) is 0 Å². The summed E-state index contributed by atoms with van der Waals surface area (Å²) < 4.78 is 0. The zero-order chi connectivity index (χ0) is 13.9. The lowest BCUT2D eigenvalue weighted by Crippen LogP contribution is -2.46. The van der Waals surface area contributed by atoms with Crippen LogP contribution in [0.3, 0.4) is 0 Å². The summed E-state index contributed by atoms with van der Waals surface area (Å²) in [5.41, 5.74) is 1.87. The van der Waals surface area contributed by atoms with Gasteiger partial charge in [0, 0.05) is 6.54 Å². The molecule has 5 nitrogen and oxygen atoms in total. The molecule has 1 aromatic rings. The van der Waals surface area contributed by atoms with Crippen LogP contribution in [0.5, 0.6) is 0 Å². The van der Waals surface area contributed by atoms with E-state index in [9.17, 15) is 9.59 Å². The van der Waals surface area contributed by atoms with E-state index in [4.69, 9.17) is 5.11 Å². The highest BCUT2D eigenvalue weighted by molar-refractivity contribution is 6.05. The number of hydrogen-bond donors (Lipinski definition) is 2. The van der Waals surface area contributed by atoms with E-state index in [0.717, 1.165) is 24.3 Å². The van der Waals surface area contributed by atoms with Crippen LogP contribution in [-0.4, -0.2) is 29.6 Å². The highest BCUT2D eigenvalue weighted by Crippen LogP contribution is 2.47. The summed E-state index contributed by atoms with van der Waals surface area (Å²) in [4.78, 5) is 25.6. The maximum Gasteiger partial charge on any atom is 0.335 e. The topological polar surface area (TPSA) is 69.6 Å². The third-order valence-corrected chi connectivity index (χ3v) is 4.97. The molecule has 4 rings (SSSR count). The molecule has 104 valence electrons. The van der Waals surface area contributed by atoms with Crippen LogP contribution in [0.2, 0.25) is 0 Å². The molecule has 3 atom stereocenters. The number of anilines is 2. The van der Waals surface area contributed by atoms with Gasteiger partial charge in [0.15, 0.2) is 0 Å². The van der Waals surface area contributed by atoms with Crippen molar-refractivity contribution in [2.75, 3.05) is 16.8 Å². The first-order chi connectivity index (χ1) is 9.65. The van der Waals surface area contributed by atoms with Crippen molar-refractivity contribution in [1.82, 2.24) is 0 Å². The van der Waals surface area contributed by atoms with Crippen LogP contribution in [0.4, 0.5) is 11.4 Å². The summed E-state index contributed by atoms with van der Waals surface area (Å²) in [7, 11) is 0. The molecule has 1 saturated carbocycles. The maximum absolute atomic E-state index is 12.3. The van der Waals surface area contributed by atoms with Crippen LogP contribution in [0, 0.1) is 11.8 Å². The average molecular weight is 272 g/mol. The van der Waals surface area contributed by atoms with Crippen molar-refractivity contribution in [3.8, 4) is 0 Å². The number of aromatic carboxylic acids is 1. The number of carboxylic acids is 1. The number of hydrogen-bond acceptors (Lipinski definition) is 3. The van der Waals surface area contributed by atoms with Crippen LogP contribution in [0.1, 0.15) is 29.6 Å². The number of nitrogens with zero attached hydrogens (tertiary/aromatic N) is 1. The molecule has 2 aliphatic heterocycles. The van der Waals surface area contributed by atoms with Crippen molar-refractivity contribution in [3.63, 3.8) is 0 Å². The van der Waals surface area contributed by atoms with Gasteiger partial charge in [-0.2, -0.15) is 0 Å². The van der Waals surface area contributed by atoms with Gasteiger partial charge < -0.3 is 15.3 Å². The number of carbonyl (C=O) groups is 2. The second kappa shape index (κ2) is 3.98. The smallest absolute Gasteiger partial charge is 0.335 e. The van der Waals surface area contributed by atoms with E-state index < -0.39 is 5.97 Å².